The Morgan fingerprint density at radius 3 is 2.63 bits per heavy atom. The number of carbonyl (C=O) groups is 1. The van der Waals surface area contributed by atoms with E-state index in [0.717, 1.165) is 23.9 Å². The van der Waals surface area contributed by atoms with Gasteiger partial charge in [-0.05, 0) is 54.8 Å². The number of carboxylic acids is 1. The lowest BCUT2D eigenvalue weighted by atomic mass is 9.93. The van der Waals surface area contributed by atoms with E-state index in [0.29, 0.717) is 12.8 Å². The van der Waals surface area contributed by atoms with Gasteiger partial charge in [0.15, 0.2) is 0 Å². The van der Waals surface area contributed by atoms with E-state index >= 15 is 0 Å². The molecule has 3 aromatic rings. The van der Waals surface area contributed by atoms with Crippen LogP contribution in [-0.4, -0.2) is 22.1 Å². The number of hydrogen-bond donors (Lipinski definition) is 2. The van der Waals surface area contributed by atoms with Crippen molar-refractivity contribution in [2.75, 3.05) is 0 Å². The number of hydrogen-bond acceptors (Lipinski definition) is 3. The van der Waals surface area contributed by atoms with Crippen molar-refractivity contribution in [2.24, 2.45) is 5.92 Å². The Kier molecular flexibility index (Phi) is 6.55. The Hall–Kier alpha value is -2.72. The fraction of sp³-hybridized carbons (Fsp3) is 0.304. The number of nitrogens with one attached hydrogen (secondary N) is 1. The Balaban J connectivity index is 1.50. The van der Waals surface area contributed by atoms with Crippen LogP contribution in [0, 0.1) is 5.92 Å². The number of aromatic nitrogens is 1. The van der Waals surface area contributed by atoms with E-state index in [2.05, 4.69) is 35.4 Å². The van der Waals surface area contributed by atoms with E-state index in [1.54, 1.807) is 6.20 Å². The van der Waals surface area contributed by atoms with Gasteiger partial charge in [-0.1, -0.05) is 42.5 Å². The first kappa shape index (κ1) is 19.1. The molecule has 1 heterocycles. The normalized spacial score (nSPS) is 13.4. The van der Waals surface area contributed by atoms with Gasteiger partial charge in [-0.3, -0.25) is 9.78 Å². The standard InChI is InChI=1S/C23H26N2O2/c1-17(7-9-21(23(26)27)13-18-5-3-2-4-6-18)25-15-19-8-10-22-16-24-12-11-20(22)14-19/h2-6,8,10-12,14,16-17,21,25H,7,9,13,15H2,1H3,(H,26,27)/t17-,21?/m1/s1. The third kappa shape index (κ3) is 5.63. The zero-order chi connectivity index (χ0) is 19.1. The molecule has 3 rings (SSSR count). The summed E-state index contributed by atoms with van der Waals surface area (Å²) in [5.41, 5.74) is 2.30. The molecule has 0 fully saturated rings. The lowest BCUT2D eigenvalue weighted by Crippen LogP contribution is -2.27. The molecule has 0 radical (unpaired) electrons. The fourth-order valence-electron chi connectivity index (χ4n) is 3.30. The molecule has 0 aliphatic rings. The zero-order valence-corrected chi connectivity index (χ0v) is 15.6. The van der Waals surface area contributed by atoms with Crippen molar-refractivity contribution in [2.45, 2.75) is 38.8 Å². The van der Waals surface area contributed by atoms with Gasteiger partial charge in [0.2, 0.25) is 0 Å². The SMILES string of the molecule is C[C@H](CCC(Cc1ccccc1)C(=O)O)NCc1ccc2cnccc2c1. The van der Waals surface area contributed by atoms with Crippen molar-refractivity contribution in [1.82, 2.24) is 10.3 Å². The second-order valence-electron chi connectivity index (χ2n) is 7.14. The van der Waals surface area contributed by atoms with Crippen LogP contribution >= 0.6 is 0 Å². The highest BCUT2D eigenvalue weighted by atomic mass is 16.4. The van der Waals surface area contributed by atoms with Gasteiger partial charge in [-0.15, -0.1) is 0 Å². The average Bonchev–Trinajstić information content (AvgIpc) is 2.70. The van der Waals surface area contributed by atoms with Crippen molar-refractivity contribution in [3.8, 4) is 0 Å². The monoisotopic (exact) mass is 362 g/mol. The molecule has 0 aliphatic carbocycles. The van der Waals surface area contributed by atoms with Crippen molar-refractivity contribution < 1.29 is 9.90 Å². The average molecular weight is 362 g/mol. The summed E-state index contributed by atoms with van der Waals surface area (Å²) in [5, 5.41) is 15.4. The number of pyridine rings is 1. The molecule has 0 bridgehead atoms. The molecular weight excluding hydrogens is 336 g/mol. The first-order valence-corrected chi connectivity index (χ1v) is 9.44. The number of fused-ring (bicyclic) bond motifs is 1. The van der Waals surface area contributed by atoms with Gasteiger partial charge in [0, 0.05) is 30.4 Å². The minimum Gasteiger partial charge on any atom is -0.481 e. The number of rotatable bonds is 9. The van der Waals surface area contributed by atoms with Crippen LogP contribution in [-0.2, 0) is 17.8 Å². The van der Waals surface area contributed by atoms with Crippen molar-refractivity contribution >= 4 is 16.7 Å². The number of benzene rings is 2. The Labute approximate surface area is 160 Å². The van der Waals surface area contributed by atoms with Crippen LogP contribution in [0.25, 0.3) is 10.8 Å². The first-order chi connectivity index (χ1) is 13.1. The molecule has 27 heavy (non-hydrogen) atoms. The molecular formula is C23H26N2O2. The summed E-state index contributed by atoms with van der Waals surface area (Å²) in [6, 6.07) is 18.5. The van der Waals surface area contributed by atoms with Crippen molar-refractivity contribution in [3.63, 3.8) is 0 Å². The van der Waals surface area contributed by atoms with Crippen LogP contribution in [0.1, 0.15) is 30.9 Å². The van der Waals surface area contributed by atoms with Crippen LogP contribution in [0.3, 0.4) is 0 Å². The topological polar surface area (TPSA) is 62.2 Å². The first-order valence-electron chi connectivity index (χ1n) is 9.44. The third-order valence-electron chi connectivity index (χ3n) is 4.98. The minimum atomic E-state index is -0.714. The summed E-state index contributed by atoms with van der Waals surface area (Å²) in [4.78, 5) is 15.7. The maximum absolute atomic E-state index is 11.6. The molecule has 4 nitrogen and oxygen atoms in total. The summed E-state index contributed by atoms with van der Waals surface area (Å²) in [7, 11) is 0. The quantitative estimate of drug-likeness (QED) is 0.591. The van der Waals surface area contributed by atoms with E-state index in [4.69, 9.17) is 0 Å². The molecule has 1 aromatic heterocycles. The molecule has 0 aliphatic heterocycles. The lowest BCUT2D eigenvalue weighted by molar-refractivity contribution is -0.142. The van der Waals surface area contributed by atoms with Crippen LogP contribution in [0.4, 0.5) is 0 Å². The smallest absolute Gasteiger partial charge is 0.306 e. The minimum absolute atomic E-state index is 0.260. The highest BCUT2D eigenvalue weighted by molar-refractivity contribution is 5.81. The second kappa shape index (κ2) is 9.28. The van der Waals surface area contributed by atoms with Crippen LogP contribution < -0.4 is 5.32 Å². The molecule has 2 aromatic carbocycles. The summed E-state index contributed by atoms with van der Waals surface area (Å²) in [5.74, 6) is -1.06. The van der Waals surface area contributed by atoms with Crippen LogP contribution in [0.5, 0.6) is 0 Å². The van der Waals surface area contributed by atoms with Crippen molar-refractivity contribution in [3.05, 3.63) is 78.1 Å². The molecule has 140 valence electrons. The molecule has 2 N–H and O–H groups in total. The molecule has 4 heteroatoms. The Morgan fingerprint density at radius 2 is 1.85 bits per heavy atom. The molecule has 0 amide bonds. The predicted molar refractivity (Wildman–Crippen MR) is 109 cm³/mol. The highest BCUT2D eigenvalue weighted by Gasteiger charge is 2.18. The van der Waals surface area contributed by atoms with Crippen LogP contribution in [0.2, 0.25) is 0 Å². The van der Waals surface area contributed by atoms with Gasteiger partial charge in [-0.2, -0.15) is 0 Å². The van der Waals surface area contributed by atoms with Crippen LogP contribution in [0.15, 0.2) is 67.0 Å². The zero-order valence-electron chi connectivity index (χ0n) is 15.6. The Morgan fingerprint density at radius 1 is 1.04 bits per heavy atom. The third-order valence-corrected chi connectivity index (χ3v) is 4.98. The summed E-state index contributed by atoms with van der Waals surface area (Å²) in [6.45, 7) is 2.89. The van der Waals surface area contributed by atoms with Gasteiger partial charge in [-0.25, -0.2) is 0 Å². The summed E-state index contributed by atoms with van der Waals surface area (Å²) < 4.78 is 0. The fourth-order valence-corrected chi connectivity index (χ4v) is 3.30. The highest BCUT2D eigenvalue weighted by Crippen LogP contribution is 2.17. The largest absolute Gasteiger partial charge is 0.481 e. The molecule has 0 spiro atoms. The lowest BCUT2D eigenvalue weighted by Gasteiger charge is -2.17. The van der Waals surface area contributed by atoms with E-state index in [1.165, 1.54) is 10.9 Å². The van der Waals surface area contributed by atoms with Gasteiger partial charge < -0.3 is 10.4 Å². The van der Waals surface area contributed by atoms with Gasteiger partial charge in [0.1, 0.15) is 0 Å². The van der Waals surface area contributed by atoms with E-state index < -0.39 is 5.97 Å². The maximum atomic E-state index is 11.6. The molecule has 1 unspecified atom stereocenters. The van der Waals surface area contributed by atoms with E-state index in [1.807, 2.05) is 42.6 Å². The molecule has 2 atom stereocenters. The second-order valence-corrected chi connectivity index (χ2v) is 7.14. The Bertz CT molecular complexity index is 880. The number of carboxylic acid groups (broad SMARTS) is 1. The summed E-state index contributed by atoms with van der Waals surface area (Å²) >= 11 is 0. The van der Waals surface area contributed by atoms with Gasteiger partial charge in [0.05, 0.1) is 5.92 Å². The summed E-state index contributed by atoms with van der Waals surface area (Å²) in [6.07, 6.45) is 5.76. The number of aliphatic carboxylic acids is 1. The predicted octanol–water partition coefficient (Wildman–Crippen LogP) is 4.44. The van der Waals surface area contributed by atoms with E-state index in [-0.39, 0.29) is 12.0 Å². The van der Waals surface area contributed by atoms with E-state index in [9.17, 15) is 9.90 Å². The molecule has 0 saturated heterocycles. The van der Waals surface area contributed by atoms with Gasteiger partial charge >= 0.3 is 5.97 Å². The van der Waals surface area contributed by atoms with Crippen molar-refractivity contribution in [1.29, 1.82) is 0 Å². The molecule has 0 saturated carbocycles. The number of nitrogens with zero attached hydrogens (tertiary/aromatic N) is 1. The maximum Gasteiger partial charge on any atom is 0.306 e. The van der Waals surface area contributed by atoms with Gasteiger partial charge in [0.25, 0.3) is 0 Å².